The van der Waals surface area contributed by atoms with Gasteiger partial charge in [-0.25, -0.2) is 4.98 Å². The lowest BCUT2D eigenvalue weighted by molar-refractivity contribution is -0.123. The van der Waals surface area contributed by atoms with Crippen LogP contribution in [-0.4, -0.2) is 36.2 Å². The van der Waals surface area contributed by atoms with Gasteiger partial charge in [0.1, 0.15) is 6.04 Å². The van der Waals surface area contributed by atoms with Gasteiger partial charge in [-0.2, -0.15) is 0 Å². The van der Waals surface area contributed by atoms with Gasteiger partial charge >= 0.3 is 0 Å². The molecule has 1 amide bonds. The Hall–Kier alpha value is -0.990. The molecule has 24 heavy (non-hydrogen) atoms. The monoisotopic (exact) mass is 431 g/mol. The largest absolute Gasteiger partial charge is 0.375 e. The lowest BCUT2D eigenvalue weighted by Crippen LogP contribution is -2.53. The quantitative estimate of drug-likeness (QED) is 0.778. The summed E-state index contributed by atoms with van der Waals surface area (Å²) in [6.07, 6.45) is 2.48. The minimum absolute atomic E-state index is 0. The number of carbonyl (C=O) groups excluding carboxylic acids is 1. The molecule has 0 spiro atoms. The highest BCUT2D eigenvalue weighted by Crippen LogP contribution is 2.23. The first-order valence-corrected chi connectivity index (χ1v) is 9.08. The third-order valence-corrected chi connectivity index (χ3v) is 5.06. The number of anilines is 1. The minimum Gasteiger partial charge on any atom is -0.375 e. The van der Waals surface area contributed by atoms with Gasteiger partial charge in [-0.05, 0) is 24.6 Å². The van der Waals surface area contributed by atoms with Crippen LogP contribution in [0.2, 0.25) is 0 Å². The molecule has 0 unspecified atom stereocenters. The van der Waals surface area contributed by atoms with Crippen molar-refractivity contribution in [2.75, 3.05) is 18.5 Å². The number of hydrogen-bond acceptors (Lipinski definition) is 5. The lowest BCUT2D eigenvalue weighted by Gasteiger charge is -2.28. The maximum absolute atomic E-state index is 12.3. The molecule has 5 nitrogen and oxygen atoms in total. The van der Waals surface area contributed by atoms with Crippen molar-refractivity contribution in [2.24, 2.45) is 0 Å². The summed E-state index contributed by atoms with van der Waals surface area (Å²) in [4.78, 5) is 17.7. The topological polar surface area (TPSA) is 63.2 Å². The van der Waals surface area contributed by atoms with Gasteiger partial charge in [-0.15, -0.1) is 23.7 Å². The number of amides is 1. The molecule has 1 aliphatic rings. The van der Waals surface area contributed by atoms with Crippen LogP contribution in [0.5, 0.6) is 0 Å². The van der Waals surface area contributed by atoms with E-state index in [1.807, 2.05) is 25.3 Å². The number of aromatic nitrogens is 1. The van der Waals surface area contributed by atoms with Crippen LogP contribution in [-0.2, 0) is 16.0 Å². The zero-order valence-corrected chi connectivity index (χ0v) is 16.3. The molecule has 1 saturated heterocycles. The van der Waals surface area contributed by atoms with Gasteiger partial charge in [-0.1, -0.05) is 28.1 Å². The molecule has 1 aliphatic heterocycles. The average Bonchev–Trinajstić information content (AvgIpc) is 2.94. The first-order valence-electron chi connectivity index (χ1n) is 7.47. The second-order valence-corrected chi connectivity index (χ2v) is 7.47. The summed E-state index contributed by atoms with van der Waals surface area (Å²) >= 11 is 4.98. The fraction of sp³-hybridized carbons (Fsp3) is 0.375. The number of hydrogen-bond donors (Lipinski definition) is 2. The van der Waals surface area contributed by atoms with E-state index < -0.39 is 0 Å². The van der Waals surface area contributed by atoms with Crippen molar-refractivity contribution in [3.63, 3.8) is 0 Å². The Morgan fingerprint density at radius 1 is 1.54 bits per heavy atom. The van der Waals surface area contributed by atoms with Crippen LogP contribution in [0.1, 0.15) is 17.4 Å². The van der Waals surface area contributed by atoms with Crippen LogP contribution < -0.4 is 10.6 Å². The van der Waals surface area contributed by atoms with Gasteiger partial charge in [0.25, 0.3) is 0 Å². The summed E-state index contributed by atoms with van der Waals surface area (Å²) in [5.74, 6) is -0.0967. The van der Waals surface area contributed by atoms with E-state index in [2.05, 4.69) is 43.7 Å². The van der Waals surface area contributed by atoms with Gasteiger partial charge in [0, 0.05) is 28.5 Å². The Bertz CT molecular complexity index is 697. The molecule has 3 rings (SSSR count). The van der Waals surface area contributed by atoms with Crippen LogP contribution in [0.25, 0.3) is 0 Å². The number of nitrogens with one attached hydrogen (secondary N) is 2. The Labute approximate surface area is 159 Å². The Morgan fingerprint density at radius 3 is 3.12 bits per heavy atom. The van der Waals surface area contributed by atoms with Crippen molar-refractivity contribution in [3.8, 4) is 0 Å². The molecular formula is C16H19BrClN3O2S. The van der Waals surface area contributed by atoms with Gasteiger partial charge in [0.15, 0.2) is 5.13 Å². The molecule has 0 bridgehead atoms. The minimum atomic E-state index is -0.332. The molecule has 1 aromatic carbocycles. The second kappa shape index (κ2) is 8.92. The molecular weight excluding hydrogens is 414 g/mol. The predicted octanol–water partition coefficient (Wildman–Crippen LogP) is 3.23. The standard InChI is InChI=1S/C16H18BrN3O2S.ClH/c1-10-14(18-5-6-22-10)15(21)20-16-19-9-13(23-16)8-11-3-2-4-12(17)7-11;/h2-4,7,9-10,14,18H,5-6,8H2,1H3,(H,19,20,21);1H/t10-,14+;/m1./s1. The number of rotatable bonds is 4. The van der Waals surface area contributed by atoms with E-state index in [0.717, 1.165) is 15.8 Å². The number of benzene rings is 1. The number of thiazole rings is 1. The van der Waals surface area contributed by atoms with Crippen molar-refractivity contribution < 1.29 is 9.53 Å². The fourth-order valence-electron chi connectivity index (χ4n) is 2.51. The van der Waals surface area contributed by atoms with E-state index in [0.29, 0.717) is 18.3 Å². The molecule has 2 aromatic rings. The summed E-state index contributed by atoms with van der Waals surface area (Å²) in [6, 6.07) is 7.85. The van der Waals surface area contributed by atoms with Crippen LogP contribution in [0.15, 0.2) is 34.9 Å². The van der Waals surface area contributed by atoms with Gasteiger partial charge in [0.05, 0.1) is 12.7 Å². The highest BCUT2D eigenvalue weighted by molar-refractivity contribution is 9.10. The molecule has 130 valence electrons. The number of ether oxygens (including phenoxy) is 1. The van der Waals surface area contributed by atoms with Gasteiger partial charge in [-0.3, -0.25) is 4.79 Å². The number of carbonyl (C=O) groups is 1. The summed E-state index contributed by atoms with van der Waals surface area (Å²) in [6.45, 7) is 3.23. The fourth-order valence-corrected chi connectivity index (χ4v) is 3.80. The zero-order chi connectivity index (χ0) is 16.2. The highest BCUT2D eigenvalue weighted by atomic mass is 79.9. The molecule has 2 heterocycles. The number of halogens is 2. The van der Waals surface area contributed by atoms with E-state index in [1.165, 1.54) is 16.9 Å². The summed E-state index contributed by atoms with van der Waals surface area (Å²) in [5.41, 5.74) is 1.21. The Balaban J connectivity index is 0.00000208. The van der Waals surface area contributed by atoms with Gasteiger partial charge in [0.2, 0.25) is 5.91 Å². The number of nitrogens with zero attached hydrogens (tertiary/aromatic N) is 1. The molecule has 1 fully saturated rings. The summed E-state index contributed by atoms with van der Waals surface area (Å²) < 4.78 is 6.56. The van der Waals surface area contributed by atoms with Crippen molar-refractivity contribution in [1.29, 1.82) is 0 Å². The Morgan fingerprint density at radius 2 is 2.38 bits per heavy atom. The van der Waals surface area contributed by atoms with Crippen molar-refractivity contribution in [3.05, 3.63) is 45.4 Å². The smallest absolute Gasteiger partial charge is 0.245 e. The molecule has 2 atom stereocenters. The van der Waals surface area contributed by atoms with Crippen molar-refractivity contribution in [2.45, 2.75) is 25.5 Å². The lowest BCUT2D eigenvalue weighted by atomic mass is 10.1. The predicted molar refractivity (Wildman–Crippen MR) is 102 cm³/mol. The van der Waals surface area contributed by atoms with Gasteiger partial charge < -0.3 is 15.4 Å². The summed E-state index contributed by atoms with van der Waals surface area (Å²) in [7, 11) is 0. The third kappa shape index (κ3) is 5.00. The first kappa shape index (κ1) is 19.3. The molecule has 0 radical (unpaired) electrons. The van der Waals surface area contributed by atoms with E-state index in [9.17, 15) is 4.79 Å². The third-order valence-electron chi connectivity index (χ3n) is 3.65. The molecule has 2 N–H and O–H groups in total. The van der Waals surface area contributed by atoms with Crippen molar-refractivity contribution in [1.82, 2.24) is 10.3 Å². The average molecular weight is 433 g/mol. The van der Waals surface area contributed by atoms with E-state index in [4.69, 9.17) is 4.74 Å². The molecule has 1 aromatic heterocycles. The highest BCUT2D eigenvalue weighted by Gasteiger charge is 2.28. The maximum Gasteiger partial charge on any atom is 0.245 e. The summed E-state index contributed by atoms with van der Waals surface area (Å²) in [5, 5.41) is 6.68. The zero-order valence-electron chi connectivity index (χ0n) is 13.1. The van der Waals surface area contributed by atoms with Crippen LogP contribution in [0, 0.1) is 0 Å². The first-order chi connectivity index (χ1) is 11.1. The Kier molecular flexibility index (Phi) is 7.18. The van der Waals surface area contributed by atoms with Crippen molar-refractivity contribution >= 4 is 50.7 Å². The molecule has 0 saturated carbocycles. The van der Waals surface area contributed by atoms with Crippen LogP contribution in [0.3, 0.4) is 0 Å². The van der Waals surface area contributed by atoms with Crippen LogP contribution in [0.4, 0.5) is 5.13 Å². The second-order valence-electron chi connectivity index (χ2n) is 5.44. The van der Waals surface area contributed by atoms with E-state index in [1.54, 1.807) is 0 Å². The van der Waals surface area contributed by atoms with E-state index >= 15 is 0 Å². The van der Waals surface area contributed by atoms with E-state index in [-0.39, 0.29) is 30.5 Å². The molecule has 0 aliphatic carbocycles. The SMILES string of the molecule is C[C@H]1OCCN[C@@H]1C(=O)Nc1ncc(Cc2cccc(Br)c2)s1.Cl. The maximum atomic E-state index is 12.3. The normalized spacial score (nSPS) is 20.2. The van der Waals surface area contributed by atoms with Crippen LogP contribution >= 0.6 is 39.7 Å². The number of morpholine rings is 1. The molecule has 8 heteroatoms.